The van der Waals surface area contributed by atoms with Crippen LogP contribution in [0.25, 0.3) is 0 Å². The minimum absolute atomic E-state index is 0.0145. The fraction of sp³-hybridized carbons (Fsp3) is 0.450. The summed E-state index contributed by atoms with van der Waals surface area (Å²) >= 11 is 0. The maximum Gasteiger partial charge on any atom is 0.257 e. The van der Waals surface area contributed by atoms with Crippen LogP contribution in [-0.2, 0) is 9.84 Å². The molecule has 2 aliphatic heterocycles. The normalized spacial score (nSPS) is 25.5. The minimum atomic E-state index is -3.36. The van der Waals surface area contributed by atoms with Gasteiger partial charge in [-0.1, -0.05) is 18.2 Å². The van der Waals surface area contributed by atoms with E-state index in [9.17, 15) is 13.2 Å². The molecule has 0 spiro atoms. The number of hydrogen-bond acceptors (Lipinski definition) is 4. The predicted molar refractivity (Wildman–Crippen MR) is 97.8 cm³/mol. The largest absolute Gasteiger partial charge is 0.466 e. The molecule has 1 amide bonds. The highest BCUT2D eigenvalue weighted by molar-refractivity contribution is 7.92. The highest BCUT2D eigenvalue weighted by Crippen LogP contribution is 2.41. The second-order valence-corrected chi connectivity index (χ2v) is 9.60. The molecule has 5 nitrogen and oxygen atoms in total. The number of piperidine rings is 1. The van der Waals surface area contributed by atoms with Crippen molar-refractivity contribution in [1.29, 1.82) is 0 Å². The summed E-state index contributed by atoms with van der Waals surface area (Å²) in [7, 11) is -3.36. The van der Waals surface area contributed by atoms with Crippen LogP contribution in [0.15, 0.2) is 45.7 Å². The third-order valence-electron chi connectivity index (χ3n) is 5.71. The van der Waals surface area contributed by atoms with Crippen molar-refractivity contribution in [2.75, 3.05) is 0 Å². The smallest absolute Gasteiger partial charge is 0.257 e. The van der Waals surface area contributed by atoms with E-state index >= 15 is 0 Å². The maximum atomic E-state index is 13.0. The van der Waals surface area contributed by atoms with E-state index in [-0.39, 0.29) is 18.0 Å². The zero-order valence-electron chi connectivity index (χ0n) is 15.0. The van der Waals surface area contributed by atoms with Crippen molar-refractivity contribution in [2.45, 2.75) is 61.8 Å². The number of carbonyl (C=O) groups excluding carboxylic acids is 1. The van der Waals surface area contributed by atoms with Gasteiger partial charge in [-0.15, -0.1) is 0 Å². The van der Waals surface area contributed by atoms with Crippen LogP contribution in [0.2, 0.25) is 0 Å². The van der Waals surface area contributed by atoms with E-state index in [0.717, 1.165) is 18.6 Å². The number of carbonyl (C=O) groups is 1. The van der Waals surface area contributed by atoms with Crippen LogP contribution in [0.5, 0.6) is 0 Å². The lowest BCUT2D eigenvalue weighted by atomic mass is 10.0. The highest BCUT2D eigenvalue weighted by Gasteiger charge is 2.47. The number of benzene rings is 1. The molecule has 1 aromatic heterocycles. The van der Waals surface area contributed by atoms with Crippen molar-refractivity contribution in [3.05, 3.63) is 53.5 Å². The topological polar surface area (TPSA) is 67.6 Å². The first kappa shape index (κ1) is 17.3. The third-order valence-corrected chi connectivity index (χ3v) is 7.90. The number of nitrogens with zero attached hydrogens (tertiary/aromatic N) is 1. The Kier molecular flexibility index (Phi) is 4.18. The molecule has 2 saturated heterocycles. The van der Waals surface area contributed by atoms with E-state index in [1.54, 1.807) is 37.3 Å². The van der Waals surface area contributed by atoms with E-state index in [4.69, 9.17) is 4.42 Å². The van der Waals surface area contributed by atoms with Crippen LogP contribution in [-0.4, -0.2) is 36.6 Å². The van der Waals surface area contributed by atoms with Gasteiger partial charge in [-0.3, -0.25) is 4.79 Å². The summed E-state index contributed by atoms with van der Waals surface area (Å²) in [5.74, 6) is 1.33. The molecule has 4 rings (SSSR count). The van der Waals surface area contributed by atoms with Gasteiger partial charge in [0.2, 0.25) is 0 Å². The first-order valence-electron chi connectivity index (χ1n) is 9.06. The minimum Gasteiger partial charge on any atom is -0.466 e. The Morgan fingerprint density at radius 3 is 2.23 bits per heavy atom. The van der Waals surface area contributed by atoms with Crippen LogP contribution >= 0.6 is 0 Å². The number of fused-ring (bicyclic) bond motifs is 2. The summed E-state index contributed by atoms with van der Waals surface area (Å²) in [6, 6.07) is 10.4. The van der Waals surface area contributed by atoms with Crippen molar-refractivity contribution in [2.24, 2.45) is 0 Å². The van der Waals surface area contributed by atoms with Gasteiger partial charge in [0.25, 0.3) is 5.91 Å². The molecule has 0 radical (unpaired) electrons. The van der Waals surface area contributed by atoms with Crippen LogP contribution in [0.4, 0.5) is 0 Å². The molecule has 2 bridgehead atoms. The standard InChI is InChI=1S/C20H23NO4S/c1-13-10-19(14(2)25-13)20(22)21-15-8-9-16(21)12-18(11-15)26(23,24)17-6-4-3-5-7-17/h3-7,10,15-16,18H,8-9,11-12H2,1-2H3. The molecule has 2 aliphatic rings. The Labute approximate surface area is 153 Å². The first-order chi connectivity index (χ1) is 12.4. The van der Waals surface area contributed by atoms with Crippen LogP contribution in [0, 0.1) is 13.8 Å². The summed E-state index contributed by atoms with van der Waals surface area (Å²) < 4.78 is 31.5. The number of rotatable bonds is 3. The molecule has 2 unspecified atom stereocenters. The van der Waals surface area contributed by atoms with Gasteiger partial charge in [0.05, 0.1) is 15.7 Å². The second-order valence-electron chi connectivity index (χ2n) is 7.38. The molecule has 3 heterocycles. The highest BCUT2D eigenvalue weighted by atomic mass is 32.2. The van der Waals surface area contributed by atoms with Gasteiger partial charge >= 0.3 is 0 Å². The second kappa shape index (κ2) is 6.27. The van der Waals surface area contributed by atoms with E-state index in [1.165, 1.54) is 0 Å². The van der Waals surface area contributed by atoms with E-state index in [1.807, 2.05) is 17.9 Å². The first-order valence-corrected chi connectivity index (χ1v) is 10.6. The number of furan rings is 1. The van der Waals surface area contributed by atoms with Gasteiger partial charge in [0, 0.05) is 12.1 Å². The fourth-order valence-corrected chi connectivity index (χ4v) is 6.37. The quantitative estimate of drug-likeness (QED) is 0.826. The summed E-state index contributed by atoms with van der Waals surface area (Å²) in [5.41, 5.74) is 0.601. The molecule has 0 aliphatic carbocycles. The molecule has 2 fully saturated rings. The van der Waals surface area contributed by atoms with E-state index in [0.29, 0.717) is 29.1 Å². The van der Waals surface area contributed by atoms with Crippen LogP contribution in [0.1, 0.15) is 47.6 Å². The lowest BCUT2D eigenvalue weighted by Crippen LogP contribution is -2.49. The van der Waals surface area contributed by atoms with Gasteiger partial charge in [0.15, 0.2) is 9.84 Å². The maximum absolute atomic E-state index is 13.0. The molecule has 26 heavy (non-hydrogen) atoms. The van der Waals surface area contributed by atoms with Gasteiger partial charge in [-0.2, -0.15) is 0 Å². The average Bonchev–Trinajstić information content (AvgIpc) is 3.09. The Morgan fingerprint density at radius 1 is 1.08 bits per heavy atom. The van der Waals surface area contributed by atoms with Crippen LogP contribution < -0.4 is 0 Å². The van der Waals surface area contributed by atoms with E-state index < -0.39 is 15.1 Å². The molecule has 2 aromatic rings. The van der Waals surface area contributed by atoms with Crippen LogP contribution in [0.3, 0.4) is 0 Å². The van der Waals surface area contributed by atoms with Gasteiger partial charge in [-0.25, -0.2) is 8.42 Å². The molecule has 0 saturated carbocycles. The molecular weight excluding hydrogens is 350 g/mol. The lowest BCUT2D eigenvalue weighted by molar-refractivity contribution is 0.0596. The Bertz CT molecular complexity index is 918. The average molecular weight is 373 g/mol. The molecule has 138 valence electrons. The number of hydrogen-bond donors (Lipinski definition) is 0. The predicted octanol–water partition coefficient (Wildman–Crippen LogP) is 3.51. The van der Waals surface area contributed by atoms with Crippen molar-refractivity contribution in [3.8, 4) is 0 Å². The monoisotopic (exact) mass is 373 g/mol. The summed E-state index contributed by atoms with van der Waals surface area (Å²) in [4.78, 5) is 15.3. The van der Waals surface area contributed by atoms with Crippen molar-refractivity contribution in [1.82, 2.24) is 4.90 Å². The Morgan fingerprint density at radius 2 is 1.69 bits per heavy atom. The molecular formula is C20H23NO4S. The number of sulfone groups is 1. The van der Waals surface area contributed by atoms with Crippen molar-refractivity contribution < 1.29 is 17.6 Å². The van der Waals surface area contributed by atoms with Crippen molar-refractivity contribution in [3.63, 3.8) is 0 Å². The van der Waals surface area contributed by atoms with Gasteiger partial charge < -0.3 is 9.32 Å². The fourth-order valence-electron chi connectivity index (χ4n) is 4.50. The summed E-state index contributed by atoms with van der Waals surface area (Å²) in [6.45, 7) is 3.63. The zero-order valence-corrected chi connectivity index (χ0v) is 15.8. The molecule has 6 heteroatoms. The summed E-state index contributed by atoms with van der Waals surface area (Å²) in [6.07, 6.45) is 2.75. The zero-order chi connectivity index (χ0) is 18.5. The number of aryl methyl sites for hydroxylation is 2. The van der Waals surface area contributed by atoms with Crippen molar-refractivity contribution >= 4 is 15.7 Å². The van der Waals surface area contributed by atoms with Gasteiger partial charge in [0.1, 0.15) is 11.5 Å². The third kappa shape index (κ3) is 2.76. The molecule has 0 N–H and O–H groups in total. The molecule has 2 atom stereocenters. The SMILES string of the molecule is Cc1cc(C(=O)N2C3CCC2CC(S(=O)(=O)c2ccccc2)C3)c(C)o1. The Hall–Kier alpha value is -2.08. The van der Waals surface area contributed by atoms with E-state index in [2.05, 4.69) is 0 Å². The Balaban J connectivity index is 1.58. The van der Waals surface area contributed by atoms with Gasteiger partial charge in [-0.05, 0) is 57.7 Å². The number of amides is 1. The lowest BCUT2D eigenvalue weighted by Gasteiger charge is -2.38. The molecule has 1 aromatic carbocycles. The summed E-state index contributed by atoms with van der Waals surface area (Å²) in [5, 5.41) is -0.418.